The van der Waals surface area contributed by atoms with Crippen molar-refractivity contribution < 1.29 is 9.47 Å². The molecule has 0 aliphatic heterocycles. The van der Waals surface area contributed by atoms with Crippen molar-refractivity contribution in [1.82, 2.24) is 5.32 Å². The predicted molar refractivity (Wildman–Crippen MR) is 75.0 cm³/mol. The van der Waals surface area contributed by atoms with Crippen LogP contribution in [0.5, 0.6) is 5.75 Å². The van der Waals surface area contributed by atoms with Gasteiger partial charge in [-0.05, 0) is 13.0 Å². The third-order valence-electron chi connectivity index (χ3n) is 2.56. The highest BCUT2D eigenvalue weighted by Crippen LogP contribution is 2.18. The molecule has 0 aromatic heterocycles. The molecule has 0 unspecified atom stereocenters. The summed E-state index contributed by atoms with van der Waals surface area (Å²) in [5.41, 5.74) is 2.32. The van der Waals surface area contributed by atoms with Gasteiger partial charge in [-0.15, -0.1) is 6.58 Å². The summed E-state index contributed by atoms with van der Waals surface area (Å²) in [6, 6.07) is 8.11. The average molecular weight is 249 g/mol. The van der Waals surface area contributed by atoms with E-state index in [2.05, 4.69) is 18.0 Å². The van der Waals surface area contributed by atoms with Crippen LogP contribution in [0.15, 0.2) is 36.4 Å². The Morgan fingerprint density at radius 1 is 1.28 bits per heavy atom. The number of ether oxygens (including phenoxy) is 2. The van der Waals surface area contributed by atoms with Crippen molar-refractivity contribution in [3.05, 3.63) is 42.0 Å². The molecule has 3 heteroatoms. The fraction of sp³-hybridized carbons (Fsp3) is 0.467. The Balaban J connectivity index is 2.43. The molecule has 0 heterocycles. The van der Waals surface area contributed by atoms with Crippen LogP contribution >= 0.6 is 0 Å². The van der Waals surface area contributed by atoms with Crippen molar-refractivity contribution in [1.29, 1.82) is 0 Å². The van der Waals surface area contributed by atoms with Gasteiger partial charge in [0.25, 0.3) is 0 Å². The van der Waals surface area contributed by atoms with E-state index in [9.17, 15) is 0 Å². The Labute approximate surface area is 110 Å². The van der Waals surface area contributed by atoms with Gasteiger partial charge in [0.1, 0.15) is 5.75 Å². The molecule has 1 N–H and O–H groups in total. The van der Waals surface area contributed by atoms with E-state index in [1.54, 1.807) is 7.11 Å². The fourth-order valence-electron chi connectivity index (χ4n) is 1.52. The zero-order valence-corrected chi connectivity index (χ0v) is 11.4. The molecule has 3 nitrogen and oxygen atoms in total. The molecule has 0 radical (unpaired) electrons. The van der Waals surface area contributed by atoms with Gasteiger partial charge in [-0.25, -0.2) is 0 Å². The van der Waals surface area contributed by atoms with E-state index < -0.39 is 0 Å². The Bertz CT molecular complexity index is 363. The number of nitrogens with one attached hydrogen (secondary N) is 1. The van der Waals surface area contributed by atoms with Crippen LogP contribution < -0.4 is 10.1 Å². The lowest BCUT2D eigenvalue weighted by Crippen LogP contribution is -2.19. The molecule has 1 aromatic carbocycles. The second-order valence-electron chi connectivity index (χ2n) is 4.33. The van der Waals surface area contributed by atoms with Crippen LogP contribution in [-0.4, -0.2) is 26.9 Å². The highest BCUT2D eigenvalue weighted by atomic mass is 16.5. The van der Waals surface area contributed by atoms with Crippen LogP contribution in [0.2, 0.25) is 0 Å². The molecule has 0 aliphatic rings. The summed E-state index contributed by atoms with van der Waals surface area (Å²) in [7, 11) is 1.70. The molecule has 0 saturated carbocycles. The van der Waals surface area contributed by atoms with Crippen LogP contribution in [0.25, 0.3) is 0 Å². The third kappa shape index (κ3) is 5.84. The SMILES string of the molecule is C=C(C)CCOc1ccccc1CNCCOC. The van der Waals surface area contributed by atoms with Crippen molar-refractivity contribution in [3.63, 3.8) is 0 Å². The quantitative estimate of drug-likeness (QED) is 0.539. The van der Waals surface area contributed by atoms with Gasteiger partial charge in [0.05, 0.1) is 13.2 Å². The van der Waals surface area contributed by atoms with Crippen LogP contribution in [-0.2, 0) is 11.3 Å². The summed E-state index contributed by atoms with van der Waals surface area (Å²) in [5.74, 6) is 0.948. The molecule has 0 saturated heterocycles. The minimum absolute atomic E-state index is 0.685. The van der Waals surface area contributed by atoms with E-state index in [0.717, 1.165) is 37.4 Å². The van der Waals surface area contributed by atoms with Gasteiger partial charge in [-0.2, -0.15) is 0 Å². The molecule has 18 heavy (non-hydrogen) atoms. The summed E-state index contributed by atoms with van der Waals surface area (Å²) in [5, 5.41) is 3.32. The molecule has 0 spiro atoms. The van der Waals surface area contributed by atoms with Crippen LogP contribution in [0.4, 0.5) is 0 Å². The van der Waals surface area contributed by atoms with Gasteiger partial charge in [0.15, 0.2) is 0 Å². The van der Waals surface area contributed by atoms with Gasteiger partial charge in [-0.3, -0.25) is 0 Å². The zero-order valence-electron chi connectivity index (χ0n) is 11.4. The van der Waals surface area contributed by atoms with Crippen molar-refractivity contribution >= 4 is 0 Å². The van der Waals surface area contributed by atoms with Crippen molar-refractivity contribution in [2.24, 2.45) is 0 Å². The normalized spacial score (nSPS) is 10.3. The molecule has 0 bridgehead atoms. The summed E-state index contributed by atoms with van der Waals surface area (Å²) in [6.45, 7) is 8.94. The summed E-state index contributed by atoms with van der Waals surface area (Å²) >= 11 is 0. The third-order valence-corrected chi connectivity index (χ3v) is 2.56. The maximum atomic E-state index is 5.77. The summed E-state index contributed by atoms with van der Waals surface area (Å²) < 4.78 is 10.8. The lowest BCUT2D eigenvalue weighted by molar-refractivity contribution is 0.199. The number of hydrogen-bond donors (Lipinski definition) is 1. The minimum Gasteiger partial charge on any atom is -0.493 e. The van der Waals surface area contributed by atoms with E-state index in [0.29, 0.717) is 6.61 Å². The zero-order chi connectivity index (χ0) is 13.2. The fourth-order valence-corrected chi connectivity index (χ4v) is 1.52. The second kappa shape index (κ2) is 8.72. The maximum absolute atomic E-state index is 5.77. The largest absolute Gasteiger partial charge is 0.493 e. The van der Waals surface area contributed by atoms with E-state index in [-0.39, 0.29) is 0 Å². The van der Waals surface area contributed by atoms with Crippen LogP contribution in [0.3, 0.4) is 0 Å². The standard InChI is InChI=1S/C15H23NO2/c1-13(2)8-10-18-15-7-5-4-6-14(15)12-16-9-11-17-3/h4-7,16H,1,8-12H2,2-3H3. The first-order chi connectivity index (χ1) is 8.74. The van der Waals surface area contributed by atoms with Crippen molar-refractivity contribution in [3.8, 4) is 5.75 Å². The predicted octanol–water partition coefficient (Wildman–Crippen LogP) is 2.77. The Hall–Kier alpha value is -1.32. The molecular weight excluding hydrogens is 226 g/mol. The summed E-state index contributed by atoms with van der Waals surface area (Å²) in [4.78, 5) is 0. The second-order valence-corrected chi connectivity index (χ2v) is 4.33. The highest BCUT2D eigenvalue weighted by Gasteiger charge is 2.02. The average Bonchev–Trinajstić information content (AvgIpc) is 2.36. The maximum Gasteiger partial charge on any atom is 0.123 e. The molecule has 0 fully saturated rings. The van der Waals surface area contributed by atoms with Crippen molar-refractivity contribution in [2.45, 2.75) is 19.9 Å². The highest BCUT2D eigenvalue weighted by molar-refractivity contribution is 5.33. The number of hydrogen-bond acceptors (Lipinski definition) is 3. The first-order valence-corrected chi connectivity index (χ1v) is 6.28. The Kier molecular flexibility index (Phi) is 7.14. The van der Waals surface area contributed by atoms with E-state index in [4.69, 9.17) is 9.47 Å². The molecule has 1 rings (SSSR count). The molecule has 1 aromatic rings. The lowest BCUT2D eigenvalue weighted by Gasteiger charge is -2.12. The Morgan fingerprint density at radius 3 is 2.78 bits per heavy atom. The number of methoxy groups -OCH3 is 1. The number of rotatable bonds is 9. The first kappa shape index (κ1) is 14.7. The topological polar surface area (TPSA) is 30.5 Å². The summed E-state index contributed by atoms with van der Waals surface area (Å²) in [6.07, 6.45) is 0.894. The van der Waals surface area contributed by atoms with Gasteiger partial charge >= 0.3 is 0 Å². The number of para-hydroxylation sites is 1. The smallest absolute Gasteiger partial charge is 0.123 e. The van der Waals surface area contributed by atoms with Crippen molar-refractivity contribution in [2.75, 3.05) is 26.9 Å². The van der Waals surface area contributed by atoms with Gasteiger partial charge in [-0.1, -0.05) is 23.8 Å². The van der Waals surface area contributed by atoms with Gasteiger partial charge in [0, 0.05) is 32.2 Å². The molecular formula is C15H23NO2. The van der Waals surface area contributed by atoms with E-state index in [1.807, 2.05) is 25.1 Å². The molecule has 0 atom stereocenters. The number of benzene rings is 1. The molecule has 0 aliphatic carbocycles. The van der Waals surface area contributed by atoms with Crippen LogP contribution in [0.1, 0.15) is 18.9 Å². The van der Waals surface area contributed by atoms with Gasteiger partial charge in [0.2, 0.25) is 0 Å². The molecule has 100 valence electrons. The van der Waals surface area contributed by atoms with E-state index in [1.165, 1.54) is 5.56 Å². The van der Waals surface area contributed by atoms with Gasteiger partial charge < -0.3 is 14.8 Å². The monoisotopic (exact) mass is 249 g/mol. The van der Waals surface area contributed by atoms with Crippen LogP contribution in [0, 0.1) is 0 Å². The minimum atomic E-state index is 0.685. The Morgan fingerprint density at radius 2 is 2.06 bits per heavy atom. The first-order valence-electron chi connectivity index (χ1n) is 6.28. The van der Waals surface area contributed by atoms with E-state index >= 15 is 0 Å². The lowest BCUT2D eigenvalue weighted by atomic mass is 10.2. The molecule has 0 amide bonds.